The fraction of sp³-hybridized carbons (Fsp3) is 0.304. The van der Waals surface area contributed by atoms with Crippen LogP contribution >= 0.6 is 0 Å². The lowest BCUT2D eigenvalue weighted by Crippen LogP contribution is -2.27. The Morgan fingerprint density at radius 3 is 2.61 bits per heavy atom. The van der Waals surface area contributed by atoms with Crippen molar-refractivity contribution in [3.05, 3.63) is 83.7 Å². The lowest BCUT2D eigenvalue weighted by molar-refractivity contribution is -0.137. The van der Waals surface area contributed by atoms with E-state index in [0.717, 1.165) is 11.6 Å². The number of benzene rings is 2. The number of anilines is 1. The van der Waals surface area contributed by atoms with E-state index in [0.29, 0.717) is 30.8 Å². The van der Waals surface area contributed by atoms with E-state index in [1.807, 2.05) is 43.6 Å². The topological polar surface area (TPSA) is 50.2 Å². The number of aryl methyl sites for hydroxylation is 1. The van der Waals surface area contributed by atoms with Gasteiger partial charge in [-0.1, -0.05) is 30.3 Å². The average Bonchev–Trinajstić information content (AvgIpc) is 3.35. The number of para-hydroxylation sites is 1. The van der Waals surface area contributed by atoms with Gasteiger partial charge in [0, 0.05) is 43.6 Å². The molecule has 5 nitrogen and oxygen atoms in total. The minimum Gasteiger partial charge on any atom is -0.326 e. The van der Waals surface area contributed by atoms with Crippen LogP contribution in [0.4, 0.5) is 18.9 Å². The quantitative estimate of drug-likeness (QED) is 0.644. The third-order valence-electron chi connectivity index (χ3n) is 5.56. The van der Waals surface area contributed by atoms with Crippen LogP contribution in [-0.4, -0.2) is 27.1 Å². The number of likely N-dealkylation sites (tertiary alicyclic amines) is 1. The Balaban J connectivity index is 1.58. The summed E-state index contributed by atoms with van der Waals surface area (Å²) in [6.07, 6.45) is -0.353. The van der Waals surface area contributed by atoms with Crippen LogP contribution in [0.25, 0.3) is 0 Å². The molecule has 1 aliphatic rings. The molecule has 0 radical (unpaired) electrons. The minimum absolute atomic E-state index is 0.128. The van der Waals surface area contributed by atoms with E-state index < -0.39 is 11.7 Å². The zero-order chi connectivity index (χ0) is 22.0. The van der Waals surface area contributed by atoms with Crippen LogP contribution in [0.1, 0.15) is 29.2 Å². The summed E-state index contributed by atoms with van der Waals surface area (Å²) in [5, 5.41) is 7.09. The van der Waals surface area contributed by atoms with Crippen LogP contribution in [0.3, 0.4) is 0 Å². The molecule has 1 aliphatic heterocycles. The van der Waals surface area contributed by atoms with Gasteiger partial charge in [-0.15, -0.1) is 0 Å². The van der Waals surface area contributed by atoms with Crippen molar-refractivity contribution in [2.45, 2.75) is 25.2 Å². The summed E-state index contributed by atoms with van der Waals surface area (Å²) < 4.78 is 41.5. The van der Waals surface area contributed by atoms with Gasteiger partial charge in [0.25, 0.3) is 0 Å². The van der Waals surface area contributed by atoms with Crippen molar-refractivity contribution in [3.63, 3.8) is 0 Å². The Morgan fingerprint density at radius 2 is 1.94 bits per heavy atom. The second kappa shape index (κ2) is 8.55. The first kappa shape index (κ1) is 21.1. The van der Waals surface area contributed by atoms with Crippen LogP contribution in [0.15, 0.2) is 67.0 Å². The smallest absolute Gasteiger partial charge is 0.326 e. The second-order valence-corrected chi connectivity index (χ2v) is 7.88. The summed E-state index contributed by atoms with van der Waals surface area (Å²) >= 11 is 0. The summed E-state index contributed by atoms with van der Waals surface area (Å²) in [5.41, 5.74) is 1.54. The monoisotopic (exact) mass is 428 g/mol. The molecule has 1 fully saturated rings. The highest BCUT2D eigenvalue weighted by Crippen LogP contribution is 2.39. The van der Waals surface area contributed by atoms with Crippen molar-refractivity contribution in [1.29, 1.82) is 0 Å². The number of nitrogens with one attached hydrogen (secondary N) is 1. The number of halogens is 3. The molecule has 0 aliphatic carbocycles. The highest BCUT2D eigenvalue weighted by Gasteiger charge is 2.38. The Labute approximate surface area is 178 Å². The van der Waals surface area contributed by atoms with Crippen molar-refractivity contribution in [3.8, 4) is 0 Å². The first-order chi connectivity index (χ1) is 14.8. The zero-order valence-electron chi connectivity index (χ0n) is 17.0. The van der Waals surface area contributed by atoms with Crippen LogP contribution in [0.2, 0.25) is 0 Å². The summed E-state index contributed by atoms with van der Waals surface area (Å²) in [4.78, 5) is 14.9. The largest absolute Gasteiger partial charge is 0.416 e. The average molecular weight is 428 g/mol. The first-order valence-corrected chi connectivity index (χ1v) is 10.0. The van der Waals surface area contributed by atoms with E-state index >= 15 is 0 Å². The van der Waals surface area contributed by atoms with Crippen LogP contribution in [0.5, 0.6) is 0 Å². The number of hydrogen-bond acceptors (Lipinski definition) is 3. The van der Waals surface area contributed by atoms with E-state index in [2.05, 4.69) is 15.3 Å². The molecule has 2 aromatic carbocycles. The van der Waals surface area contributed by atoms with Gasteiger partial charge in [0.15, 0.2) is 0 Å². The molecule has 2 atom stereocenters. The van der Waals surface area contributed by atoms with Gasteiger partial charge in [0.1, 0.15) is 0 Å². The van der Waals surface area contributed by atoms with Crippen molar-refractivity contribution < 1.29 is 18.0 Å². The molecule has 8 heteroatoms. The van der Waals surface area contributed by atoms with E-state index in [9.17, 15) is 18.0 Å². The molecule has 0 saturated carbocycles. The van der Waals surface area contributed by atoms with E-state index in [4.69, 9.17) is 0 Å². The maximum atomic E-state index is 13.3. The first-order valence-electron chi connectivity index (χ1n) is 10.0. The standard InChI is InChI=1S/C23H23F3N4O/c1-29-13-16(12-27-29)14-30-15-18(22(31)28-20-8-3-2-4-9-20)11-21(30)17-6-5-7-19(10-17)23(24,25)26/h2-10,12-13,18,21H,11,14-15H2,1H3,(H,28,31)/t18-,21-/m1/s1. The molecule has 0 spiro atoms. The lowest BCUT2D eigenvalue weighted by Gasteiger charge is -2.24. The molecular weight excluding hydrogens is 405 g/mol. The number of amides is 1. The van der Waals surface area contributed by atoms with Crippen molar-refractivity contribution in [1.82, 2.24) is 14.7 Å². The number of carbonyl (C=O) groups excluding carboxylic acids is 1. The predicted octanol–water partition coefficient (Wildman–Crippen LogP) is 4.64. The number of carbonyl (C=O) groups is 1. The molecule has 0 bridgehead atoms. The fourth-order valence-electron chi connectivity index (χ4n) is 4.09. The van der Waals surface area contributed by atoms with Gasteiger partial charge in [0.05, 0.1) is 17.7 Å². The Hall–Kier alpha value is -3.13. The molecule has 0 unspecified atom stereocenters. The molecule has 162 valence electrons. The lowest BCUT2D eigenvalue weighted by atomic mass is 9.97. The highest BCUT2D eigenvalue weighted by molar-refractivity contribution is 5.92. The number of alkyl halides is 3. The van der Waals surface area contributed by atoms with Gasteiger partial charge >= 0.3 is 6.18 Å². The van der Waals surface area contributed by atoms with Gasteiger partial charge < -0.3 is 5.32 Å². The Morgan fingerprint density at radius 1 is 1.16 bits per heavy atom. The van der Waals surface area contributed by atoms with Gasteiger partial charge in [-0.2, -0.15) is 18.3 Å². The van der Waals surface area contributed by atoms with Crippen LogP contribution in [0, 0.1) is 5.92 Å². The van der Waals surface area contributed by atoms with Crippen LogP contribution < -0.4 is 5.32 Å². The van der Waals surface area contributed by atoms with Crippen molar-refractivity contribution >= 4 is 11.6 Å². The number of nitrogens with zero attached hydrogens (tertiary/aromatic N) is 3. The molecule has 31 heavy (non-hydrogen) atoms. The highest BCUT2D eigenvalue weighted by atomic mass is 19.4. The van der Waals surface area contributed by atoms with Gasteiger partial charge in [-0.25, -0.2) is 0 Å². The second-order valence-electron chi connectivity index (χ2n) is 7.88. The van der Waals surface area contributed by atoms with Gasteiger partial charge in [0.2, 0.25) is 5.91 Å². The summed E-state index contributed by atoms with van der Waals surface area (Å²) in [6, 6.07) is 14.3. The Bertz CT molecular complexity index is 1050. The molecule has 1 N–H and O–H groups in total. The molecule has 1 aromatic heterocycles. The summed E-state index contributed by atoms with van der Waals surface area (Å²) in [6.45, 7) is 0.957. The van der Waals surface area contributed by atoms with Crippen LogP contribution in [-0.2, 0) is 24.6 Å². The van der Waals surface area contributed by atoms with Gasteiger partial charge in [-0.3, -0.25) is 14.4 Å². The molecule has 1 saturated heterocycles. The molecule has 1 amide bonds. The maximum absolute atomic E-state index is 13.3. The molecule has 3 aromatic rings. The SMILES string of the molecule is Cn1cc(CN2C[C@H](C(=O)Nc3ccccc3)C[C@@H]2c2cccc(C(F)(F)F)c2)cn1. The molecule has 2 heterocycles. The normalized spacial score (nSPS) is 19.5. The summed E-state index contributed by atoms with van der Waals surface area (Å²) in [5.74, 6) is -0.465. The van der Waals surface area contributed by atoms with E-state index in [1.54, 1.807) is 16.9 Å². The predicted molar refractivity (Wildman–Crippen MR) is 111 cm³/mol. The number of aromatic nitrogens is 2. The fourth-order valence-corrected chi connectivity index (χ4v) is 4.09. The Kier molecular flexibility index (Phi) is 5.82. The van der Waals surface area contributed by atoms with Gasteiger partial charge in [-0.05, 0) is 36.2 Å². The van der Waals surface area contributed by atoms with E-state index in [1.165, 1.54) is 12.1 Å². The van der Waals surface area contributed by atoms with Crippen molar-refractivity contribution in [2.75, 3.05) is 11.9 Å². The number of rotatable bonds is 5. The molecular formula is C23H23F3N4O. The maximum Gasteiger partial charge on any atom is 0.416 e. The van der Waals surface area contributed by atoms with E-state index in [-0.39, 0.29) is 17.9 Å². The molecule has 4 rings (SSSR count). The third-order valence-corrected chi connectivity index (χ3v) is 5.56. The van der Waals surface area contributed by atoms with Crippen molar-refractivity contribution in [2.24, 2.45) is 13.0 Å². The number of hydrogen-bond donors (Lipinski definition) is 1. The third kappa shape index (κ3) is 4.96. The summed E-state index contributed by atoms with van der Waals surface area (Å²) in [7, 11) is 1.81. The zero-order valence-corrected chi connectivity index (χ0v) is 17.0. The minimum atomic E-state index is -4.41.